The number of esters is 4. The Bertz CT molecular complexity index is 1510. The highest BCUT2D eigenvalue weighted by atomic mass is 35.6. The van der Waals surface area contributed by atoms with Crippen LogP contribution < -0.4 is 0 Å². The van der Waals surface area contributed by atoms with Crippen LogP contribution in [0.25, 0.3) is 0 Å². The van der Waals surface area contributed by atoms with Crippen molar-refractivity contribution in [3.63, 3.8) is 0 Å². The molecule has 0 aromatic heterocycles. The maximum absolute atomic E-state index is 13.0. The fourth-order valence-electron chi connectivity index (χ4n) is 12.8. The number of hydrogen-bond donors (Lipinski definition) is 0. The van der Waals surface area contributed by atoms with Crippen LogP contribution >= 0.6 is 34.8 Å². The molecule has 0 aromatic carbocycles. The highest BCUT2D eigenvalue weighted by Gasteiger charge is 2.69. The summed E-state index contributed by atoms with van der Waals surface area (Å²) in [4.78, 5) is 49.5. The van der Waals surface area contributed by atoms with Crippen molar-refractivity contribution in [1.29, 1.82) is 0 Å². The van der Waals surface area contributed by atoms with E-state index >= 15 is 0 Å². The molecule has 316 valence electrons. The molecule has 4 saturated carbocycles. The minimum absolute atomic E-state index is 0.117. The van der Waals surface area contributed by atoms with Crippen LogP contribution in [-0.4, -0.2) is 89.6 Å². The van der Waals surface area contributed by atoms with Gasteiger partial charge in [-0.15, -0.1) is 0 Å². The van der Waals surface area contributed by atoms with Gasteiger partial charge in [0, 0.05) is 33.1 Å². The van der Waals surface area contributed by atoms with E-state index in [0.717, 1.165) is 65.4 Å². The van der Waals surface area contributed by atoms with Crippen LogP contribution in [0, 0.1) is 52.3 Å². The summed E-state index contributed by atoms with van der Waals surface area (Å²) in [5, 5.41) is 0. The van der Waals surface area contributed by atoms with Gasteiger partial charge in [-0.05, 0) is 104 Å². The number of ether oxygens (including phenoxy) is 8. The number of rotatable bonds is 7. The maximum Gasteiger partial charge on any atom is 0.359 e. The predicted octanol–water partition coefficient (Wildman–Crippen LogP) is 7.25. The van der Waals surface area contributed by atoms with Crippen molar-refractivity contribution in [2.45, 2.75) is 165 Å². The first-order valence-electron chi connectivity index (χ1n) is 20.6. The molecule has 56 heavy (non-hydrogen) atoms. The van der Waals surface area contributed by atoms with Crippen molar-refractivity contribution >= 4 is 58.7 Å². The molecule has 0 aromatic rings. The van der Waals surface area contributed by atoms with Crippen molar-refractivity contribution in [3.05, 3.63) is 0 Å². The highest BCUT2D eigenvalue weighted by molar-refractivity contribution is 6.75. The van der Waals surface area contributed by atoms with Gasteiger partial charge in [-0.1, -0.05) is 62.5 Å². The van der Waals surface area contributed by atoms with Gasteiger partial charge in [0.1, 0.15) is 12.7 Å². The van der Waals surface area contributed by atoms with Gasteiger partial charge in [0.2, 0.25) is 0 Å². The Hall–Kier alpha value is -1.41. The Balaban J connectivity index is 1.08. The molecule has 1 unspecified atom stereocenters. The Morgan fingerprint density at radius 2 is 1.46 bits per heavy atom. The molecule has 0 N–H and O–H groups in total. The summed E-state index contributed by atoms with van der Waals surface area (Å²) >= 11 is 17.7. The van der Waals surface area contributed by atoms with Crippen LogP contribution in [-0.2, 0) is 57.1 Å². The normalized spacial score (nSPS) is 47.1. The minimum atomic E-state index is -2.48. The number of halogens is 3. The molecule has 1 spiro atoms. The molecular formula is C41H59Cl3O12. The van der Waals surface area contributed by atoms with Gasteiger partial charge in [0.05, 0.1) is 18.8 Å². The second kappa shape index (κ2) is 15.9. The molecule has 3 saturated heterocycles. The number of carbonyl (C=O) groups excluding carboxylic acids is 4. The topological polar surface area (TPSA) is 142 Å². The lowest BCUT2D eigenvalue weighted by Crippen LogP contribution is -2.64. The molecule has 7 fully saturated rings. The fraction of sp³-hybridized carbons (Fsp3) is 0.902. The molecule has 0 amide bonds. The molecular weight excluding hydrogens is 791 g/mol. The van der Waals surface area contributed by atoms with Crippen molar-refractivity contribution in [2.24, 2.45) is 52.3 Å². The zero-order chi connectivity index (χ0) is 40.5. The number of fused-ring (bicyclic) bond motifs is 7. The summed E-state index contributed by atoms with van der Waals surface area (Å²) in [7, 11) is 0. The molecule has 7 aliphatic rings. The zero-order valence-electron chi connectivity index (χ0n) is 33.6. The predicted molar refractivity (Wildman–Crippen MR) is 203 cm³/mol. The smallest absolute Gasteiger partial charge is 0.359 e. The molecule has 0 bridgehead atoms. The first-order chi connectivity index (χ1) is 26.3. The van der Waals surface area contributed by atoms with Crippen LogP contribution in [0.1, 0.15) is 113 Å². The Morgan fingerprint density at radius 3 is 2.11 bits per heavy atom. The van der Waals surface area contributed by atoms with E-state index in [4.69, 9.17) is 72.7 Å². The van der Waals surface area contributed by atoms with E-state index in [1.165, 1.54) is 19.8 Å². The van der Waals surface area contributed by atoms with Crippen molar-refractivity contribution in [3.8, 4) is 0 Å². The Morgan fingerprint density at radius 1 is 0.768 bits per heavy atom. The molecule has 12 nitrogen and oxygen atoms in total. The molecule has 4 aliphatic carbocycles. The lowest BCUT2D eigenvalue weighted by molar-refractivity contribution is -0.321. The monoisotopic (exact) mass is 848 g/mol. The summed E-state index contributed by atoms with van der Waals surface area (Å²) < 4.78 is 46.1. The quantitative estimate of drug-likeness (QED) is 0.110. The molecule has 7 rings (SSSR count). The molecule has 3 heterocycles. The summed E-state index contributed by atoms with van der Waals surface area (Å²) in [6.07, 6.45) is 3.44. The van der Waals surface area contributed by atoms with E-state index in [1.807, 2.05) is 0 Å². The summed E-state index contributed by atoms with van der Waals surface area (Å²) in [6, 6.07) is 0. The van der Waals surface area contributed by atoms with Crippen molar-refractivity contribution in [2.75, 3.05) is 13.2 Å². The van der Waals surface area contributed by atoms with E-state index < -0.39 is 64.2 Å². The van der Waals surface area contributed by atoms with Gasteiger partial charge in [-0.3, -0.25) is 14.4 Å². The third-order valence-electron chi connectivity index (χ3n) is 15.3. The number of carbonyl (C=O) groups is 4. The van der Waals surface area contributed by atoms with Crippen LogP contribution in [0.3, 0.4) is 0 Å². The first-order valence-corrected chi connectivity index (χ1v) is 21.8. The first kappa shape index (κ1) is 42.7. The molecule has 3 aliphatic heterocycles. The van der Waals surface area contributed by atoms with E-state index in [9.17, 15) is 19.2 Å². The number of alkyl halides is 3. The summed E-state index contributed by atoms with van der Waals surface area (Å²) in [5.74, 6) is -0.0914. The van der Waals surface area contributed by atoms with Crippen molar-refractivity contribution in [1.82, 2.24) is 0 Å². The van der Waals surface area contributed by atoms with Crippen LogP contribution in [0.2, 0.25) is 0 Å². The SMILES string of the molecule is CC(=O)OC[C@H]1O[C@@H](O[C@H]2CC[C@@]3(C)C(CC[C@H]4[C@@H]5C[C@@H]6O[C@]7(CC[C@H](C)CO7)[C@@H](C)[C@@H]6[C@@]5(C)CC[C@@H]43)C2)[C@H](OC(=O)C(Cl)(Cl)Cl)[C@@H](OC(C)=O)[C@H]1OC(C)=O. The zero-order valence-corrected chi connectivity index (χ0v) is 35.9. The lowest BCUT2D eigenvalue weighted by Gasteiger charge is -2.61. The van der Waals surface area contributed by atoms with Gasteiger partial charge >= 0.3 is 23.9 Å². The second-order valence-electron chi connectivity index (χ2n) is 18.6. The summed E-state index contributed by atoms with van der Waals surface area (Å²) in [6.45, 7) is 13.7. The third-order valence-corrected chi connectivity index (χ3v) is 15.8. The standard InChI is InChI=1S/C41H59Cl3O12/c1-20-10-15-40(50-18-20)21(2)32-30(56-40)17-29-27-9-8-25-16-26(11-13-38(25,6)28(27)12-14-39(29,32)7)53-36-35(55-37(48)41(42,43)44)34(52-24(5)47)33(51-23(4)46)31(54-36)19-49-22(3)45/h20-21,25-36H,8-19H2,1-7H3/t20-,21-,25?,26-,27+,28-,29-,30-,31+,32-,33-,34-,35+,36+,38-,39-,40+/m0/s1. The largest absolute Gasteiger partial charge is 0.463 e. The van der Waals surface area contributed by atoms with Gasteiger partial charge in [-0.2, -0.15) is 0 Å². The van der Waals surface area contributed by atoms with E-state index in [0.29, 0.717) is 47.8 Å². The fourth-order valence-corrected chi connectivity index (χ4v) is 13.0. The number of hydrogen-bond acceptors (Lipinski definition) is 12. The van der Waals surface area contributed by atoms with E-state index in [1.54, 1.807) is 0 Å². The van der Waals surface area contributed by atoms with Crippen LogP contribution in [0.15, 0.2) is 0 Å². The average molecular weight is 850 g/mol. The Labute approximate surface area is 345 Å². The maximum atomic E-state index is 13.0. The van der Waals surface area contributed by atoms with E-state index in [2.05, 4.69) is 27.7 Å². The van der Waals surface area contributed by atoms with Crippen molar-refractivity contribution < 1.29 is 57.1 Å². The van der Waals surface area contributed by atoms with Gasteiger partial charge < -0.3 is 37.9 Å². The van der Waals surface area contributed by atoms with Gasteiger partial charge in [0.25, 0.3) is 3.79 Å². The lowest BCUT2D eigenvalue weighted by atomic mass is 9.44. The van der Waals surface area contributed by atoms with Gasteiger partial charge in [-0.25, -0.2) is 4.79 Å². The van der Waals surface area contributed by atoms with E-state index in [-0.39, 0.29) is 29.6 Å². The van der Waals surface area contributed by atoms with Crippen LogP contribution in [0.5, 0.6) is 0 Å². The van der Waals surface area contributed by atoms with Crippen LogP contribution in [0.4, 0.5) is 0 Å². The minimum Gasteiger partial charge on any atom is -0.463 e. The average Bonchev–Trinajstić information content (AvgIpc) is 3.56. The van der Waals surface area contributed by atoms with Gasteiger partial charge in [0.15, 0.2) is 30.4 Å². The molecule has 15 heteroatoms. The molecule has 17 atom stereocenters. The Kier molecular flexibility index (Phi) is 12.1. The highest BCUT2D eigenvalue weighted by Crippen LogP contribution is 2.71. The third kappa shape index (κ3) is 7.84. The molecule has 0 radical (unpaired) electrons. The second-order valence-corrected chi connectivity index (χ2v) is 20.8. The summed E-state index contributed by atoms with van der Waals surface area (Å²) in [5.41, 5.74) is 0.346.